The molecular formula is C23H29N3O5S. The highest BCUT2D eigenvalue weighted by molar-refractivity contribution is 7.15. The molecule has 9 heteroatoms. The van der Waals surface area contributed by atoms with Crippen LogP contribution in [0.1, 0.15) is 54.5 Å². The first kappa shape index (κ1) is 22.5. The number of benzene rings is 1. The zero-order valence-electron chi connectivity index (χ0n) is 18.7. The van der Waals surface area contributed by atoms with Crippen LogP contribution in [0.15, 0.2) is 24.3 Å². The lowest BCUT2D eigenvalue weighted by atomic mass is 10.2. The second-order valence-corrected chi connectivity index (χ2v) is 10.0. The third kappa shape index (κ3) is 5.58. The molecule has 1 fully saturated rings. The minimum absolute atomic E-state index is 0.0738. The van der Waals surface area contributed by atoms with Crippen LogP contribution in [0.5, 0.6) is 5.75 Å². The van der Waals surface area contributed by atoms with Gasteiger partial charge in [-0.15, -0.1) is 0 Å². The number of carbonyl (C=O) groups is 2. The Balaban J connectivity index is 1.40. The number of anilines is 1. The summed E-state index contributed by atoms with van der Waals surface area (Å²) in [7, 11) is 0. The quantitative estimate of drug-likeness (QED) is 0.719. The fraction of sp³-hybridized carbons (Fsp3) is 0.522. The highest BCUT2D eigenvalue weighted by atomic mass is 32.1. The molecule has 1 unspecified atom stereocenters. The number of hydrogen-bond acceptors (Lipinski definition) is 7. The van der Waals surface area contributed by atoms with Gasteiger partial charge in [0.15, 0.2) is 5.13 Å². The molecule has 2 aromatic rings. The molecule has 0 spiro atoms. The number of rotatable bonds is 5. The fourth-order valence-corrected chi connectivity index (χ4v) is 4.65. The van der Waals surface area contributed by atoms with Crippen molar-refractivity contribution >= 4 is 28.5 Å². The number of nitrogens with one attached hydrogen (secondary N) is 1. The first-order valence-corrected chi connectivity index (χ1v) is 11.7. The van der Waals surface area contributed by atoms with Gasteiger partial charge in [0.25, 0.3) is 5.91 Å². The zero-order chi connectivity index (χ0) is 22.7. The molecule has 172 valence electrons. The molecule has 32 heavy (non-hydrogen) atoms. The summed E-state index contributed by atoms with van der Waals surface area (Å²) in [5, 5.41) is 3.40. The normalized spacial score (nSPS) is 18.2. The van der Waals surface area contributed by atoms with E-state index in [0.29, 0.717) is 42.6 Å². The van der Waals surface area contributed by atoms with E-state index in [0.717, 1.165) is 30.0 Å². The number of ether oxygens (including phenoxy) is 3. The third-order valence-corrected chi connectivity index (χ3v) is 6.18. The Morgan fingerprint density at radius 2 is 2.12 bits per heavy atom. The standard InChI is InChI=1S/C23H29N3O5S/c1-23(2,3)31-22(28)26-11-10-17-19(13-26)32-21(24-17)25-20(27)16-8-4-5-9-18(16)30-14-15-7-6-12-29-15/h4-5,8-9,15H,6-7,10-14H2,1-3H3,(H,24,25,27). The van der Waals surface area contributed by atoms with Gasteiger partial charge in [-0.05, 0) is 45.7 Å². The fourth-order valence-electron chi connectivity index (χ4n) is 3.63. The third-order valence-electron chi connectivity index (χ3n) is 5.18. The van der Waals surface area contributed by atoms with Gasteiger partial charge in [-0.3, -0.25) is 10.1 Å². The van der Waals surface area contributed by atoms with Crippen LogP contribution in [-0.4, -0.2) is 53.3 Å². The highest BCUT2D eigenvalue weighted by Gasteiger charge is 2.28. The molecule has 4 rings (SSSR count). The van der Waals surface area contributed by atoms with Crippen molar-refractivity contribution < 1.29 is 23.8 Å². The number of nitrogens with zero attached hydrogens (tertiary/aromatic N) is 2. The summed E-state index contributed by atoms with van der Waals surface area (Å²) in [5.74, 6) is 0.251. The summed E-state index contributed by atoms with van der Waals surface area (Å²) in [6, 6.07) is 7.17. The number of hydrogen-bond donors (Lipinski definition) is 1. The number of amides is 2. The Kier molecular flexibility index (Phi) is 6.66. The Morgan fingerprint density at radius 1 is 1.31 bits per heavy atom. The Bertz CT molecular complexity index is 978. The predicted octanol–water partition coefficient (Wildman–Crippen LogP) is 4.25. The molecule has 2 amide bonds. The molecule has 0 radical (unpaired) electrons. The second-order valence-electron chi connectivity index (χ2n) is 8.94. The number of aromatic nitrogens is 1. The SMILES string of the molecule is CC(C)(C)OC(=O)N1CCc2nc(NC(=O)c3ccccc3OCC3CCCO3)sc2C1. The van der Waals surface area contributed by atoms with Crippen molar-refractivity contribution in [3.8, 4) is 5.75 Å². The van der Waals surface area contributed by atoms with Gasteiger partial charge >= 0.3 is 6.09 Å². The Morgan fingerprint density at radius 3 is 2.88 bits per heavy atom. The zero-order valence-corrected chi connectivity index (χ0v) is 19.5. The molecule has 1 aromatic carbocycles. The van der Waals surface area contributed by atoms with Crippen molar-refractivity contribution in [3.05, 3.63) is 40.4 Å². The van der Waals surface area contributed by atoms with Gasteiger partial charge in [-0.2, -0.15) is 0 Å². The number of fused-ring (bicyclic) bond motifs is 1. The first-order chi connectivity index (χ1) is 15.3. The van der Waals surface area contributed by atoms with E-state index < -0.39 is 5.60 Å². The molecule has 8 nitrogen and oxygen atoms in total. The smallest absolute Gasteiger partial charge is 0.410 e. The van der Waals surface area contributed by atoms with Gasteiger partial charge in [0, 0.05) is 24.4 Å². The van der Waals surface area contributed by atoms with Crippen molar-refractivity contribution in [2.24, 2.45) is 0 Å². The number of carbonyl (C=O) groups excluding carboxylic acids is 2. The van der Waals surface area contributed by atoms with Crippen molar-refractivity contribution in [1.82, 2.24) is 9.88 Å². The van der Waals surface area contributed by atoms with Crippen molar-refractivity contribution in [2.75, 3.05) is 25.1 Å². The molecular weight excluding hydrogens is 430 g/mol. The van der Waals surface area contributed by atoms with Gasteiger partial charge in [0.05, 0.1) is 23.9 Å². The van der Waals surface area contributed by atoms with E-state index in [1.807, 2.05) is 26.8 Å². The summed E-state index contributed by atoms with van der Waals surface area (Å²) >= 11 is 1.38. The molecule has 1 saturated heterocycles. The maximum Gasteiger partial charge on any atom is 0.410 e. The maximum atomic E-state index is 12.9. The molecule has 1 N–H and O–H groups in total. The Labute approximate surface area is 191 Å². The van der Waals surface area contributed by atoms with Gasteiger partial charge < -0.3 is 19.1 Å². The Hall–Kier alpha value is -2.65. The summed E-state index contributed by atoms with van der Waals surface area (Å²) in [5.41, 5.74) is 0.825. The van der Waals surface area contributed by atoms with E-state index in [1.165, 1.54) is 11.3 Å². The van der Waals surface area contributed by atoms with Crippen LogP contribution >= 0.6 is 11.3 Å². The van der Waals surface area contributed by atoms with Gasteiger partial charge in [0.1, 0.15) is 18.0 Å². The van der Waals surface area contributed by atoms with Crippen LogP contribution in [0.4, 0.5) is 9.93 Å². The van der Waals surface area contributed by atoms with Gasteiger partial charge in [-0.25, -0.2) is 9.78 Å². The van der Waals surface area contributed by atoms with Crippen LogP contribution in [-0.2, 0) is 22.4 Å². The molecule has 0 aliphatic carbocycles. The lowest BCUT2D eigenvalue weighted by Crippen LogP contribution is -2.39. The van der Waals surface area contributed by atoms with Crippen LogP contribution < -0.4 is 10.1 Å². The minimum Gasteiger partial charge on any atom is -0.490 e. The van der Waals surface area contributed by atoms with E-state index in [-0.39, 0.29) is 18.1 Å². The van der Waals surface area contributed by atoms with Crippen LogP contribution in [0.3, 0.4) is 0 Å². The maximum absolute atomic E-state index is 12.9. The molecule has 3 heterocycles. The lowest BCUT2D eigenvalue weighted by molar-refractivity contribution is 0.0225. The largest absolute Gasteiger partial charge is 0.490 e. The van der Waals surface area contributed by atoms with Gasteiger partial charge in [0.2, 0.25) is 0 Å². The summed E-state index contributed by atoms with van der Waals surface area (Å²) in [6.45, 7) is 7.71. The summed E-state index contributed by atoms with van der Waals surface area (Å²) in [4.78, 5) is 32.5. The molecule has 2 aliphatic heterocycles. The van der Waals surface area contributed by atoms with Crippen molar-refractivity contribution in [3.63, 3.8) is 0 Å². The predicted molar refractivity (Wildman–Crippen MR) is 121 cm³/mol. The van der Waals surface area contributed by atoms with E-state index in [2.05, 4.69) is 10.3 Å². The first-order valence-electron chi connectivity index (χ1n) is 10.9. The average molecular weight is 460 g/mol. The van der Waals surface area contributed by atoms with E-state index in [1.54, 1.807) is 23.1 Å². The van der Waals surface area contributed by atoms with Crippen molar-refractivity contribution in [2.45, 2.75) is 58.3 Å². The minimum atomic E-state index is -0.538. The highest BCUT2D eigenvalue weighted by Crippen LogP contribution is 2.30. The number of para-hydroxylation sites is 1. The molecule has 0 bridgehead atoms. The van der Waals surface area contributed by atoms with Crippen LogP contribution in [0, 0.1) is 0 Å². The monoisotopic (exact) mass is 459 g/mol. The van der Waals surface area contributed by atoms with Crippen LogP contribution in [0.25, 0.3) is 0 Å². The average Bonchev–Trinajstić information content (AvgIpc) is 3.39. The molecule has 1 atom stereocenters. The lowest BCUT2D eigenvalue weighted by Gasteiger charge is -2.29. The van der Waals surface area contributed by atoms with Crippen molar-refractivity contribution in [1.29, 1.82) is 0 Å². The van der Waals surface area contributed by atoms with Crippen LogP contribution in [0.2, 0.25) is 0 Å². The molecule has 2 aliphatic rings. The van der Waals surface area contributed by atoms with E-state index in [9.17, 15) is 9.59 Å². The summed E-state index contributed by atoms with van der Waals surface area (Å²) in [6.07, 6.45) is 2.38. The van der Waals surface area contributed by atoms with E-state index in [4.69, 9.17) is 14.2 Å². The summed E-state index contributed by atoms with van der Waals surface area (Å²) < 4.78 is 17.0. The molecule has 1 aromatic heterocycles. The molecule has 0 saturated carbocycles. The second kappa shape index (κ2) is 9.46. The van der Waals surface area contributed by atoms with Gasteiger partial charge in [-0.1, -0.05) is 23.5 Å². The topological polar surface area (TPSA) is 90.0 Å². The number of thiazole rings is 1. The van der Waals surface area contributed by atoms with E-state index >= 15 is 0 Å².